The molecule has 1 aliphatic heterocycles. The Labute approximate surface area is 125 Å². The van der Waals surface area contributed by atoms with Crippen molar-refractivity contribution in [3.63, 3.8) is 0 Å². The number of nitrogens with zero attached hydrogens (tertiary/aromatic N) is 2. The summed E-state index contributed by atoms with van der Waals surface area (Å²) < 4.78 is 0. The SMILES string of the molecule is CCNC(C)(C#N)CCN1CCCC(C(C)(C)C)CC1. The minimum Gasteiger partial charge on any atom is -0.303 e. The van der Waals surface area contributed by atoms with E-state index in [-0.39, 0.29) is 5.54 Å². The second-order valence-corrected chi connectivity index (χ2v) is 7.56. The predicted molar refractivity (Wildman–Crippen MR) is 85.5 cm³/mol. The molecule has 0 spiro atoms. The number of hydrogen-bond donors (Lipinski definition) is 1. The van der Waals surface area contributed by atoms with Crippen LogP contribution >= 0.6 is 0 Å². The Balaban J connectivity index is 2.45. The van der Waals surface area contributed by atoms with Crippen LogP contribution in [-0.4, -0.2) is 36.6 Å². The molecule has 20 heavy (non-hydrogen) atoms. The highest BCUT2D eigenvalue weighted by atomic mass is 15.1. The fourth-order valence-corrected chi connectivity index (χ4v) is 3.20. The molecule has 3 heteroatoms. The first kappa shape index (κ1) is 17.5. The maximum Gasteiger partial charge on any atom is 0.105 e. The number of nitriles is 1. The van der Waals surface area contributed by atoms with Gasteiger partial charge in [0.05, 0.1) is 6.07 Å². The van der Waals surface area contributed by atoms with Gasteiger partial charge in [-0.1, -0.05) is 27.7 Å². The van der Waals surface area contributed by atoms with Crippen LogP contribution in [0.3, 0.4) is 0 Å². The van der Waals surface area contributed by atoms with Crippen LogP contribution in [0.5, 0.6) is 0 Å². The third kappa shape index (κ3) is 5.42. The van der Waals surface area contributed by atoms with Gasteiger partial charge in [0.1, 0.15) is 5.54 Å². The Hall–Kier alpha value is -0.590. The maximum absolute atomic E-state index is 9.32. The standard InChI is InChI=1S/C17H33N3/c1-6-19-17(5,14-18)10-13-20-11-7-8-15(9-12-20)16(2,3)4/h15,19H,6-13H2,1-5H3. The molecule has 1 fully saturated rings. The van der Waals surface area contributed by atoms with Gasteiger partial charge in [-0.05, 0) is 63.6 Å². The highest BCUT2D eigenvalue weighted by molar-refractivity contribution is 5.03. The first-order valence-electron chi connectivity index (χ1n) is 8.19. The molecule has 0 saturated carbocycles. The van der Waals surface area contributed by atoms with Crippen LogP contribution < -0.4 is 5.32 Å². The summed E-state index contributed by atoms with van der Waals surface area (Å²) in [5.41, 5.74) is 0.0609. The molecule has 0 bridgehead atoms. The lowest BCUT2D eigenvalue weighted by molar-refractivity contribution is 0.204. The molecule has 1 aliphatic rings. The lowest BCUT2D eigenvalue weighted by atomic mass is 9.77. The van der Waals surface area contributed by atoms with Gasteiger partial charge in [-0.2, -0.15) is 5.26 Å². The summed E-state index contributed by atoms with van der Waals surface area (Å²) in [6.07, 6.45) is 4.86. The molecular formula is C17H33N3. The summed E-state index contributed by atoms with van der Waals surface area (Å²) in [5.74, 6) is 0.837. The summed E-state index contributed by atoms with van der Waals surface area (Å²) in [7, 11) is 0. The van der Waals surface area contributed by atoms with Crippen molar-refractivity contribution >= 4 is 0 Å². The van der Waals surface area contributed by atoms with Crippen molar-refractivity contribution in [1.29, 1.82) is 5.26 Å². The number of nitrogens with one attached hydrogen (secondary N) is 1. The highest BCUT2D eigenvalue weighted by Gasteiger charge is 2.28. The van der Waals surface area contributed by atoms with Crippen molar-refractivity contribution < 1.29 is 0 Å². The lowest BCUT2D eigenvalue weighted by Gasteiger charge is -2.30. The third-order valence-electron chi connectivity index (χ3n) is 4.79. The minimum absolute atomic E-state index is 0.371. The molecule has 0 aliphatic carbocycles. The second kappa shape index (κ2) is 7.43. The molecule has 116 valence electrons. The average molecular weight is 279 g/mol. The van der Waals surface area contributed by atoms with Gasteiger partial charge in [0.15, 0.2) is 0 Å². The predicted octanol–water partition coefficient (Wildman–Crippen LogP) is 3.42. The van der Waals surface area contributed by atoms with Gasteiger partial charge in [0, 0.05) is 6.54 Å². The van der Waals surface area contributed by atoms with E-state index in [0.29, 0.717) is 5.41 Å². The molecule has 2 atom stereocenters. The Morgan fingerprint density at radius 2 is 1.90 bits per heavy atom. The van der Waals surface area contributed by atoms with Crippen LogP contribution in [0.2, 0.25) is 0 Å². The van der Waals surface area contributed by atoms with E-state index >= 15 is 0 Å². The first-order valence-corrected chi connectivity index (χ1v) is 8.19. The van der Waals surface area contributed by atoms with E-state index < -0.39 is 0 Å². The van der Waals surface area contributed by atoms with Gasteiger partial charge in [0.2, 0.25) is 0 Å². The summed E-state index contributed by atoms with van der Waals surface area (Å²) in [6.45, 7) is 15.5. The number of rotatable bonds is 5. The molecule has 1 heterocycles. The fourth-order valence-electron chi connectivity index (χ4n) is 3.20. The number of likely N-dealkylation sites (tertiary alicyclic amines) is 1. The quantitative estimate of drug-likeness (QED) is 0.838. The summed E-state index contributed by atoms with van der Waals surface area (Å²) in [6, 6.07) is 2.43. The monoisotopic (exact) mass is 279 g/mol. The van der Waals surface area contributed by atoms with Crippen molar-refractivity contribution in [3.05, 3.63) is 0 Å². The molecule has 0 aromatic rings. The highest BCUT2D eigenvalue weighted by Crippen LogP contribution is 2.34. The largest absolute Gasteiger partial charge is 0.303 e. The summed E-state index contributed by atoms with van der Waals surface area (Å²) in [4.78, 5) is 2.55. The zero-order valence-electron chi connectivity index (χ0n) is 14.1. The topological polar surface area (TPSA) is 39.1 Å². The summed E-state index contributed by atoms with van der Waals surface area (Å²) in [5, 5.41) is 12.6. The molecule has 0 amide bonds. The van der Waals surface area contributed by atoms with Gasteiger partial charge >= 0.3 is 0 Å². The van der Waals surface area contributed by atoms with Crippen LogP contribution in [-0.2, 0) is 0 Å². The zero-order chi connectivity index (χ0) is 15.2. The molecule has 2 unspecified atom stereocenters. The van der Waals surface area contributed by atoms with Gasteiger partial charge in [0.25, 0.3) is 0 Å². The van der Waals surface area contributed by atoms with Gasteiger partial charge in [-0.25, -0.2) is 0 Å². The minimum atomic E-state index is -0.371. The first-order chi connectivity index (χ1) is 9.30. The normalized spacial score (nSPS) is 24.7. The van der Waals surface area contributed by atoms with Crippen molar-refractivity contribution in [2.45, 2.75) is 65.8 Å². The number of hydrogen-bond acceptors (Lipinski definition) is 3. The van der Waals surface area contributed by atoms with Crippen molar-refractivity contribution in [3.8, 4) is 6.07 Å². The zero-order valence-corrected chi connectivity index (χ0v) is 14.1. The van der Waals surface area contributed by atoms with Gasteiger partial charge in [-0.3, -0.25) is 5.32 Å². The lowest BCUT2D eigenvalue weighted by Crippen LogP contribution is -2.44. The van der Waals surface area contributed by atoms with E-state index in [2.05, 4.69) is 44.0 Å². The van der Waals surface area contributed by atoms with Crippen LogP contribution in [0, 0.1) is 22.7 Å². The maximum atomic E-state index is 9.32. The van der Waals surface area contributed by atoms with Gasteiger partial charge < -0.3 is 4.90 Å². The van der Waals surface area contributed by atoms with Crippen molar-refractivity contribution in [2.75, 3.05) is 26.2 Å². The van der Waals surface area contributed by atoms with E-state index in [1.54, 1.807) is 0 Å². The second-order valence-electron chi connectivity index (χ2n) is 7.56. The molecular weight excluding hydrogens is 246 g/mol. The molecule has 0 aromatic heterocycles. The van der Waals surface area contributed by atoms with Gasteiger partial charge in [-0.15, -0.1) is 0 Å². The van der Waals surface area contributed by atoms with E-state index in [1.807, 2.05) is 6.92 Å². The van der Waals surface area contributed by atoms with E-state index in [4.69, 9.17) is 0 Å². The van der Waals surface area contributed by atoms with Crippen LogP contribution in [0.15, 0.2) is 0 Å². The Bertz CT molecular complexity index is 326. The summed E-state index contributed by atoms with van der Waals surface area (Å²) >= 11 is 0. The van der Waals surface area contributed by atoms with Crippen LogP contribution in [0.4, 0.5) is 0 Å². The molecule has 1 saturated heterocycles. The van der Waals surface area contributed by atoms with Crippen LogP contribution in [0.25, 0.3) is 0 Å². The Morgan fingerprint density at radius 1 is 1.20 bits per heavy atom. The third-order valence-corrected chi connectivity index (χ3v) is 4.79. The fraction of sp³-hybridized carbons (Fsp3) is 0.941. The van der Waals surface area contributed by atoms with Crippen molar-refractivity contribution in [1.82, 2.24) is 10.2 Å². The van der Waals surface area contributed by atoms with E-state index in [0.717, 1.165) is 25.4 Å². The van der Waals surface area contributed by atoms with E-state index in [1.165, 1.54) is 32.4 Å². The smallest absolute Gasteiger partial charge is 0.105 e. The molecule has 1 rings (SSSR count). The molecule has 1 N–H and O–H groups in total. The molecule has 0 radical (unpaired) electrons. The van der Waals surface area contributed by atoms with Crippen LogP contribution in [0.1, 0.15) is 60.3 Å². The molecule has 3 nitrogen and oxygen atoms in total. The van der Waals surface area contributed by atoms with E-state index in [9.17, 15) is 5.26 Å². The average Bonchev–Trinajstić information content (AvgIpc) is 2.62. The molecule has 0 aromatic carbocycles. The Morgan fingerprint density at radius 3 is 2.45 bits per heavy atom. The Kier molecular flexibility index (Phi) is 6.48. The van der Waals surface area contributed by atoms with Crippen molar-refractivity contribution in [2.24, 2.45) is 11.3 Å².